The van der Waals surface area contributed by atoms with Crippen molar-refractivity contribution in [2.45, 2.75) is 58.5 Å². The van der Waals surface area contributed by atoms with Gasteiger partial charge in [-0.25, -0.2) is 0 Å². The van der Waals surface area contributed by atoms with Gasteiger partial charge >= 0.3 is 0 Å². The third-order valence-corrected chi connectivity index (χ3v) is 6.17. The molecular formula is C24H31N3O3. The second kappa shape index (κ2) is 8.54. The van der Waals surface area contributed by atoms with E-state index in [2.05, 4.69) is 16.8 Å². The number of ether oxygens (including phenoxy) is 1. The molecule has 2 amide bonds. The zero-order chi connectivity index (χ0) is 21.3. The first kappa shape index (κ1) is 20.5. The van der Waals surface area contributed by atoms with Gasteiger partial charge in [0.15, 0.2) is 0 Å². The van der Waals surface area contributed by atoms with Crippen LogP contribution in [0.1, 0.15) is 70.8 Å². The number of nitrogens with zero attached hydrogens (tertiary/aromatic N) is 2. The van der Waals surface area contributed by atoms with Gasteiger partial charge in [-0.1, -0.05) is 0 Å². The first-order chi connectivity index (χ1) is 14.5. The van der Waals surface area contributed by atoms with Crippen LogP contribution in [0.15, 0.2) is 30.3 Å². The highest BCUT2D eigenvalue weighted by atomic mass is 16.5. The lowest BCUT2D eigenvalue weighted by atomic mass is 10.0. The number of aromatic nitrogens is 1. The highest BCUT2D eigenvalue weighted by Crippen LogP contribution is 2.38. The van der Waals surface area contributed by atoms with Crippen molar-refractivity contribution in [3.8, 4) is 5.75 Å². The molecule has 0 bridgehead atoms. The molecule has 1 aliphatic carbocycles. The Balaban J connectivity index is 1.32. The maximum atomic E-state index is 12.8. The Labute approximate surface area is 178 Å². The third kappa shape index (κ3) is 4.23. The van der Waals surface area contributed by atoms with E-state index in [1.165, 1.54) is 12.8 Å². The average molecular weight is 410 g/mol. The van der Waals surface area contributed by atoms with Crippen molar-refractivity contribution in [1.82, 2.24) is 14.8 Å². The lowest BCUT2D eigenvalue weighted by Crippen LogP contribution is -2.46. The molecular weight excluding hydrogens is 378 g/mol. The summed E-state index contributed by atoms with van der Waals surface area (Å²) >= 11 is 0. The number of benzene rings is 1. The minimum Gasteiger partial charge on any atom is -0.494 e. The van der Waals surface area contributed by atoms with Gasteiger partial charge in [0.2, 0.25) is 0 Å². The standard InChI is InChI=1S/C24H31N3O3/c1-4-30-21-9-5-18(6-10-21)24(29)26-13-11-19(12-14-26)25-23(28)22-15-16(2)27(17(22)3)20-7-8-20/h5-6,9-10,15,19-20H,4,7-8,11-14H2,1-3H3,(H,25,28). The molecule has 4 rings (SSSR count). The molecule has 1 saturated carbocycles. The van der Waals surface area contributed by atoms with Crippen LogP contribution >= 0.6 is 0 Å². The SMILES string of the molecule is CCOc1ccc(C(=O)N2CCC(NC(=O)c3cc(C)n(C4CC4)c3C)CC2)cc1. The second-order valence-electron chi connectivity index (χ2n) is 8.38. The number of carbonyl (C=O) groups is 2. The smallest absolute Gasteiger partial charge is 0.253 e. The van der Waals surface area contributed by atoms with Crippen molar-refractivity contribution in [1.29, 1.82) is 0 Å². The summed E-state index contributed by atoms with van der Waals surface area (Å²) in [5, 5.41) is 3.19. The molecule has 2 fully saturated rings. The average Bonchev–Trinajstić information content (AvgIpc) is 3.53. The first-order valence-electron chi connectivity index (χ1n) is 11.0. The fraction of sp³-hybridized carbons (Fsp3) is 0.500. The van der Waals surface area contributed by atoms with Crippen LogP contribution in [0.3, 0.4) is 0 Å². The van der Waals surface area contributed by atoms with E-state index < -0.39 is 0 Å². The molecule has 6 nitrogen and oxygen atoms in total. The maximum absolute atomic E-state index is 12.8. The van der Waals surface area contributed by atoms with E-state index in [9.17, 15) is 9.59 Å². The van der Waals surface area contributed by atoms with E-state index in [-0.39, 0.29) is 17.9 Å². The number of carbonyl (C=O) groups excluding carboxylic acids is 2. The largest absolute Gasteiger partial charge is 0.494 e. The number of hydrogen-bond donors (Lipinski definition) is 1. The quantitative estimate of drug-likeness (QED) is 0.788. The molecule has 2 heterocycles. The Hall–Kier alpha value is -2.76. The molecule has 1 N–H and O–H groups in total. The Morgan fingerprint density at radius 1 is 1.07 bits per heavy atom. The number of likely N-dealkylation sites (tertiary alicyclic amines) is 1. The number of aryl methyl sites for hydroxylation is 1. The maximum Gasteiger partial charge on any atom is 0.253 e. The number of amides is 2. The molecule has 30 heavy (non-hydrogen) atoms. The van der Waals surface area contributed by atoms with E-state index >= 15 is 0 Å². The summed E-state index contributed by atoms with van der Waals surface area (Å²) in [7, 11) is 0. The second-order valence-corrected chi connectivity index (χ2v) is 8.38. The summed E-state index contributed by atoms with van der Waals surface area (Å²) in [6.45, 7) is 7.96. The summed E-state index contributed by atoms with van der Waals surface area (Å²) in [6.07, 6.45) is 3.96. The fourth-order valence-electron chi connectivity index (χ4n) is 4.43. The summed E-state index contributed by atoms with van der Waals surface area (Å²) in [5.41, 5.74) is 3.69. The van der Waals surface area contributed by atoms with Crippen LogP contribution < -0.4 is 10.1 Å². The highest BCUT2D eigenvalue weighted by molar-refractivity contribution is 5.96. The normalized spacial score (nSPS) is 17.1. The summed E-state index contributed by atoms with van der Waals surface area (Å²) in [6, 6.07) is 9.99. The minimum atomic E-state index is 0.00582. The fourth-order valence-corrected chi connectivity index (χ4v) is 4.43. The molecule has 0 spiro atoms. The number of hydrogen-bond acceptors (Lipinski definition) is 3. The van der Waals surface area contributed by atoms with Crippen molar-refractivity contribution >= 4 is 11.8 Å². The van der Waals surface area contributed by atoms with Gasteiger partial charge in [-0.3, -0.25) is 9.59 Å². The zero-order valence-corrected chi connectivity index (χ0v) is 18.1. The van der Waals surface area contributed by atoms with Gasteiger partial charge in [0.05, 0.1) is 12.2 Å². The van der Waals surface area contributed by atoms with Crippen LogP contribution in [0.2, 0.25) is 0 Å². The van der Waals surface area contributed by atoms with E-state index in [0.29, 0.717) is 31.3 Å². The Morgan fingerprint density at radius 3 is 2.33 bits per heavy atom. The molecule has 6 heteroatoms. The number of rotatable bonds is 6. The summed E-state index contributed by atoms with van der Waals surface area (Å²) in [5.74, 6) is 0.818. The predicted molar refractivity (Wildman–Crippen MR) is 116 cm³/mol. The minimum absolute atomic E-state index is 0.00582. The molecule has 0 atom stereocenters. The van der Waals surface area contributed by atoms with Crippen molar-refractivity contribution in [2.24, 2.45) is 0 Å². The van der Waals surface area contributed by atoms with Crippen molar-refractivity contribution in [3.63, 3.8) is 0 Å². The lowest BCUT2D eigenvalue weighted by molar-refractivity contribution is 0.0698. The molecule has 1 aliphatic heterocycles. The lowest BCUT2D eigenvalue weighted by Gasteiger charge is -2.32. The highest BCUT2D eigenvalue weighted by Gasteiger charge is 2.30. The van der Waals surface area contributed by atoms with Crippen molar-refractivity contribution in [3.05, 3.63) is 52.8 Å². The number of piperidine rings is 1. The molecule has 1 saturated heterocycles. The van der Waals surface area contributed by atoms with Crippen LogP contribution in [0.4, 0.5) is 0 Å². The Kier molecular flexibility index (Phi) is 5.84. The summed E-state index contributed by atoms with van der Waals surface area (Å²) in [4.78, 5) is 27.5. The van der Waals surface area contributed by atoms with Gasteiger partial charge in [-0.2, -0.15) is 0 Å². The van der Waals surface area contributed by atoms with Crippen molar-refractivity contribution in [2.75, 3.05) is 19.7 Å². The van der Waals surface area contributed by atoms with E-state index in [1.807, 2.05) is 49.1 Å². The molecule has 1 aromatic carbocycles. The van der Waals surface area contributed by atoms with Gasteiger partial charge in [-0.05, 0) is 76.8 Å². The Morgan fingerprint density at radius 2 is 1.73 bits per heavy atom. The molecule has 2 aromatic rings. The molecule has 1 aromatic heterocycles. The van der Waals surface area contributed by atoms with E-state index in [0.717, 1.165) is 35.5 Å². The van der Waals surface area contributed by atoms with Crippen LogP contribution in [-0.4, -0.2) is 47.0 Å². The predicted octanol–water partition coefficient (Wildman–Crippen LogP) is 3.87. The number of nitrogens with one attached hydrogen (secondary N) is 1. The summed E-state index contributed by atoms with van der Waals surface area (Å²) < 4.78 is 7.74. The monoisotopic (exact) mass is 409 g/mol. The molecule has 2 aliphatic rings. The first-order valence-corrected chi connectivity index (χ1v) is 11.0. The third-order valence-electron chi connectivity index (χ3n) is 6.17. The van der Waals surface area contributed by atoms with Crippen LogP contribution in [0.25, 0.3) is 0 Å². The van der Waals surface area contributed by atoms with Gasteiger partial charge in [-0.15, -0.1) is 0 Å². The van der Waals surface area contributed by atoms with Crippen LogP contribution in [0, 0.1) is 13.8 Å². The molecule has 0 radical (unpaired) electrons. The van der Waals surface area contributed by atoms with Gasteiger partial charge in [0.25, 0.3) is 11.8 Å². The van der Waals surface area contributed by atoms with E-state index in [1.54, 1.807) is 0 Å². The van der Waals surface area contributed by atoms with Crippen molar-refractivity contribution < 1.29 is 14.3 Å². The van der Waals surface area contributed by atoms with Gasteiger partial charge < -0.3 is 19.5 Å². The topological polar surface area (TPSA) is 63.6 Å². The van der Waals surface area contributed by atoms with Crippen LogP contribution in [0.5, 0.6) is 5.75 Å². The molecule has 0 unspecified atom stereocenters. The van der Waals surface area contributed by atoms with E-state index in [4.69, 9.17) is 4.74 Å². The zero-order valence-electron chi connectivity index (χ0n) is 18.1. The van der Waals surface area contributed by atoms with Crippen LogP contribution in [-0.2, 0) is 0 Å². The Bertz CT molecular complexity index is 920. The van der Waals surface area contributed by atoms with Gasteiger partial charge in [0, 0.05) is 42.1 Å². The van der Waals surface area contributed by atoms with Gasteiger partial charge in [0.1, 0.15) is 5.75 Å². The molecule has 160 valence electrons.